The van der Waals surface area contributed by atoms with Gasteiger partial charge in [0.1, 0.15) is 0 Å². The topological polar surface area (TPSA) is 37.3 Å². The summed E-state index contributed by atoms with van der Waals surface area (Å²) in [4.78, 5) is 10.2. The fraction of sp³-hybridized carbons (Fsp3) is 0. The van der Waals surface area contributed by atoms with Crippen molar-refractivity contribution >= 4 is 22.6 Å². The van der Waals surface area contributed by atoms with Crippen molar-refractivity contribution in [1.29, 1.82) is 0 Å². The second-order valence-corrected chi connectivity index (χ2v) is 2.68. The van der Waals surface area contributed by atoms with Crippen molar-refractivity contribution in [2.45, 2.75) is 0 Å². The van der Waals surface area contributed by atoms with Gasteiger partial charge in [-0.25, -0.2) is 4.79 Å². The molecule has 1 rings (SSSR count). The highest BCUT2D eigenvalue weighted by molar-refractivity contribution is 6.50. The molecule has 2 nitrogen and oxygen atoms in total. The average Bonchev–Trinajstić information content (AvgIpc) is 2.17. The number of benzene rings is 1. The molecule has 0 saturated heterocycles. The molecule has 0 aliphatic heterocycles. The van der Waals surface area contributed by atoms with E-state index in [2.05, 4.69) is 0 Å². The van der Waals surface area contributed by atoms with Crippen molar-refractivity contribution in [3.05, 3.63) is 41.7 Å². The van der Waals surface area contributed by atoms with Crippen LogP contribution in [0.4, 0.5) is 4.39 Å². The molecule has 0 aliphatic carbocycles. The fourth-order valence-corrected chi connectivity index (χ4v) is 1.01. The Morgan fingerprint density at radius 1 is 1.31 bits per heavy atom. The van der Waals surface area contributed by atoms with Crippen molar-refractivity contribution in [1.82, 2.24) is 0 Å². The van der Waals surface area contributed by atoms with Crippen LogP contribution in [0, 0.1) is 0 Å². The lowest BCUT2D eigenvalue weighted by Gasteiger charge is -1.98. The Balaban J connectivity index is 3.11. The van der Waals surface area contributed by atoms with Gasteiger partial charge in [0.15, 0.2) is 0 Å². The van der Waals surface area contributed by atoms with Crippen LogP contribution in [-0.4, -0.2) is 11.1 Å². The number of hydrogen-bond acceptors (Lipinski definition) is 1. The Kier molecular flexibility index (Phi) is 3.03. The fourth-order valence-electron chi connectivity index (χ4n) is 0.805. The molecule has 0 saturated carbocycles. The summed E-state index contributed by atoms with van der Waals surface area (Å²) in [6.45, 7) is 0. The average molecular weight is 201 g/mol. The normalized spacial score (nSPS) is 12.2. The van der Waals surface area contributed by atoms with Gasteiger partial charge >= 0.3 is 5.97 Å². The van der Waals surface area contributed by atoms with E-state index in [1.165, 1.54) is 12.1 Å². The minimum absolute atomic E-state index is 0.351. The summed E-state index contributed by atoms with van der Waals surface area (Å²) in [7, 11) is 0. The van der Waals surface area contributed by atoms with E-state index in [1.54, 1.807) is 18.2 Å². The van der Waals surface area contributed by atoms with E-state index in [0.717, 1.165) is 0 Å². The van der Waals surface area contributed by atoms with Crippen LogP contribution in [0.15, 0.2) is 36.2 Å². The van der Waals surface area contributed by atoms with Crippen LogP contribution in [0.1, 0.15) is 5.56 Å². The summed E-state index contributed by atoms with van der Waals surface area (Å²) in [6, 6.07) is 8.09. The Labute approximate surface area is 79.3 Å². The van der Waals surface area contributed by atoms with Crippen molar-refractivity contribution in [2.75, 3.05) is 0 Å². The first-order valence-electron chi connectivity index (χ1n) is 3.47. The SMILES string of the molecule is O=C(O)C(F)=C(Cl)c1ccccc1. The summed E-state index contributed by atoms with van der Waals surface area (Å²) < 4.78 is 12.8. The summed E-state index contributed by atoms with van der Waals surface area (Å²) in [5.41, 5.74) is 0.351. The molecule has 1 N–H and O–H groups in total. The maximum atomic E-state index is 12.8. The molecule has 1 aromatic carbocycles. The van der Waals surface area contributed by atoms with E-state index < -0.39 is 11.8 Å². The van der Waals surface area contributed by atoms with Crippen LogP contribution in [-0.2, 0) is 4.79 Å². The van der Waals surface area contributed by atoms with Gasteiger partial charge < -0.3 is 5.11 Å². The molecule has 68 valence electrons. The molecule has 0 fully saturated rings. The van der Waals surface area contributed by atoms with Gasteiger partial charge in [-0.15, -0.1) is 0 Å². The quantitative estimate of drug-likeness (QED) is 0.746. The van der Waals surface area contributed by atoms with Gasteiger partial charge in [0.05, 0.1) is 5.03 Å². The summed E-state index contributed by atoms with van der Waals surface area (Å²) >= 11 is 5.48. The van der Waals surface area contributed by atoms with E-state index in [-0.39, 0.29) is 5.03 Å². The van der Waals surface area contributed by atoms with Crippen LogP contribution in [0.3, 0.4) is 0 Å². The lowest BCUT2D eigenvalue weighted by molar-refractivity contribution is -0.134. The van der Waals surface area contributed by atoms with Gasteiger partial charge in [0.25, 0.3) is 0 Å². The van der Waals surface area contributed by atoms with Crippen molar-refractivity contribution in [3.8, 4) is 0 Å². The first kappa shape index (κ1) is 9.74. The Morgan fingerprint density at radius 3 is 2.31 bits per heavy atom. The van der Waals surface area contributed by atoms with Gasteiger partial charge in [-0.05, 0) is 5.56 Å². The van der Waals surface area contributed by atoms with E-state index in [0.29, 0.717) is 5.56 Å². The molecule has 0 radical (unpaired) electrons. The largest absolute Gasteiger partial charge is 0.476 e. The van der Waals surface area contributed by atoms with Gasteiger partial charge in [-0.2, -0.15) is 4.39 Å². The molecule has 1 aromatic rings. The number of hydrogen-bond donors (Lipinski definition) is 1. The van der Waals surface area contributed by atoms with Gasteiger partial charge in [-0.3, -0.25) is 0 Å². The van der Waals surface area contributed by atoms with Crippen molar-refractivity contribution < 1.29 is 14.3 Å². The maximum Gasteiger partial charge on any atom is 0.366 e. The molecule has 0 atom stereocenters. The van der Waals surface area contributed by atoms with Crippen molar-refractivity contribution in [3.63, 3.8) is 0 Å². The molecular formula is C9H6ClFO2. The zero-order chi connectivity index (χ0) is 9.84. The number of aliphatic carboxylic acids is 1. The lowest BCUT2D eigenvalue weighted by atomic mass is 10.2. The van der Waals surface area contributed by atoms with Crippen LogP contribution < -0.4 is 0 Å². The number of carboxylic acid groups (broad SMARTS) is 1. The first-order valence-corrected chi connectivity index (χ1v) is 3.84. The third-order valence-corrected chi connectivity index (χ3v) is 1.79. The molecule has 0 aliphatic rings. The standard InChI is InChI=1S/C9H6ClFO2/c10-7(8(11)9(12)13)6-4-2-1-3-5-6/h1-5H,(H,12,13). The molecule has 0 spiro atoms. The highest BCUT2D eigenvalue weighted by Crippen LogP contribution is 2.23. The summed E-state index contributed by atoms with van der Waals surface area (Å²) in [6.07, 6.45) is 0. The molecule has 4 heteroatoms. The Hall–Kier alpha value is -1.35. The smallest absolute Gasteiger partial charge is 0.366 e. The predicted molar refractivity (Wildman–Crippen MR) is 48.0 cm³/mol. The zero-order valence-corrected chi connectivity index (χ0v) is 7.25. The van der Waals surface area contributed by atoms with Crippen molar-refractivity contribution in [2.24, 2.45) is 0 Å². The first-order chi connectivity index (χ1) is 6.13. The van der Waals surface area contributed by atoms with E-state index >= 15 is 0 Å². The maximum absolute atomic E-state index is 12.8. The molecule has 0 aromatic heterocycles. The molecule has 0 heterocycles. The number of halogens is 2. The van der Waals surface area contributed by atoms with Crippen LogP contribution in [0.25, 0.3) is 5.03 Å². The lowest BCUT2D eigenvalue weighted by Crippen LogP contribution is -1.96. The van der Waals surface area contributed by atoms with Crippen LogP contribution in [0.2, 0.25) is 0 Å². The monoisotopic (exact) mass is 200 g/mol. The minimum Gasteiger partial charge on any atom is -0.476 e. The minimum atomic E-state index is -1.66. The highest BCUT2D eigenvalue weighted by Gasteiger charge is 2.13. The predicted octanol–water partition coefficient (Wildman–Crippen LogP) is 2.65. The number of carboxylic acids is 1. The Bertz CT molecular complexity index is 346. The zero-order valence-electron chi connectivity index (χ0n) is 6.50. The summed E-state index contributed by atoms with van der Waals surface area (Å²) in [5, 5.41) is 7.92. The third-order valence-electron chi connectivity index (χ3n) is 1.41. The van der Waals surface area contributed by atoms with Gasteiger partial charge in [0, 0.05) is 0 Å². The number of carbonyl (C=O) groups is 1. The molecule has 0 bridgehead atoms. The number of rotatable bonds is 2. The highest BCUT2D eigenvalue weighted by atomic mass is 35.5. The van der Waals surface area contributed by atoms with E-state index in [9.17, 15) is 9.18 Å². The van der Waals surface area contributed by atoms with E-state index in [4.69, 9.17) is 16.7 Å². The van der Waals surface area contributed by atoms with Gasteiger partial charge in [-0.1, -0.05) is 41.9 Å². The third kappa shape index (κ3) is 2.29. The second-order valence-electron chi connectivity index (χ2n) is 2.30. The molecular weight excluding hydrogens is 195 g/mol. The van der Waals surface area contributed by atoms with E-state index in [1.807, 2.05) is 0 Å². The molecule has 13 heavy (non-hydrogen) atoms. The van der Waals surface area contributed by atoms with Crippen LogP contribution in [0.5, 0.6) is 0 Å². The molecule has 0 amide bonds. The summed E-state index contributed by atoms with van der Waals surface area (Å²) in [5.74, 6) is -3.00. The van der Waals surface area contributed by atoms with Crippen LogP contribution >= 0.6 is 11.6 Å². The molecule has 0 unspecified atom stereocenters. The Morgan fingerprint density at radius 2 is 1.85 bits per heavy atom. The van der Waals surface area contributed by atoms with Gasteiger partial charge in [0.2, 0.25) is 5.83 Å². The second kappa shape index (κ2) is 4.05.